The molecule has 1 unspecified atom stereocenters. The van der Waals surface area contributed by atoms with Crippen molar-refractivity contribution in [2.45, 2.75) is 189 Å². The number of nitrogens with zero attached hydrogens (tertiary/aromatic N) is 6. The van der Waals surface area contributed by atoms with E-state index in [1.807, 2.05) is 70.1 Å². The van der Waals surface area contributed by atoms with Crippen LogP contribution >= 0.6 is 0 Å². The summed E-state index contributed by atoms with van der Waals surface area (Å²) < 4.78 is 16.3. The van der Waals surface area contributed by atoms with E-state index in [1.54, 1.807) is 0 Å². The number of ether oxygens (including phenoxy) is 3. The molecule has 0 N–H and O–H groups in total. The molecule has 0 aromatic rings. The van der Waals surface area contributed by atoms with Gasteiger partial charge in [-0.3, -0.25) is 0 Å². The van der Waals surface area contributed by atoms with E-state index in [4.69, 9.17) is 14.2 Å². The van der Waals surface area contributed by atoms with Crippen LogP contribution in [0.25, 0.3) is 0 Å². The van der Waals surface area contributed by atoms with Gasteiger partial charge in [-0.25, -0.2) is 14.4 Å². The maximum atomic E-state index is 12.3. The monoisotopic (exact) mass is 805 g/mol. The zero-order chi connectivity index (χ0) is 42.6. The minimum Gasteiger partial charge on any atom is -0.447 e. The third kappa shape index (κ3) is 13.1. The van der Waals surface area contributed by atoms with E-state index in [0.29, 0.717) is 29.0 Å². The van der Waals surface area contributed by atoms with Crippen molar-refractivity contribution in [2.24, 2.45) is 10.8 Å². The van der Waals surface area contributed by atoms with Gasteiger partial charge in [0, 0.05) is 81.3 Å². The molecule has 0 bridgehead atoms. The maximum Gasteiger partial charge on any atom is 0.410 e. The van der Waals surface area contributed by atoms with Crippen molar-refractivity contribution >= 4 is 18.3 Å². The van der Waals surface area contributed by atoms with E-state index < -0.39 is 11.2 Å². The Morgan fingerprint density at radius 1 is 0.474 bits per heavy atom. The molecule has 0 aliphatic carbocycles. The van der Waals surface area contributed by atoms with Gasteiger partial charge in [0.1, 0.15) is 11.2 Å². The number of carbonyl (C=O) groups is 3. The van der Waals surface area contributed by atoms with Gasteiger partial charge in [-0.1, -0.05) is 0 Å². The van der Waals surface area contributed by atoms with Crippen molar-refractivity contribution < 1.29 is 28.6 Å². The summed E-state index contributed by atoms with van der Waals surface area (Å²) in [4.78, 5) is 49.5. The number of rotatable bonds is 4. The lowest BCUT2D eigenvalue weighted by atomic mass is 9.72. The van der Waals surface area contributed by atoms with Crippen LogP contribution in [0.1, 0.15) is 148 Å². The summed E-state index contributed by atoms with van der Waals surface area (Å²) in [6, 6.07) is 1.85. The van der Waals surface area contributed by atoms with Crippen molar-refractivity contribution in [3.05, 3.63) is 0 Å². The lowest BCUT2D eigenvalue weighted by Crippen LogP contribution is -2.66. The molecule has 3 amide bonds. The normalized spacial score (nSPS) is 25.3. The Balaban J connectivity index is 0.000000190. The van der Waals surface area contributed by atoms with Crippen LogP contribution < -0.4 is 0 Å². The second-order valence-electron chi connectivity index (χ2n) is 21.5. The highest BCUT2D eigenvalue weighted by Crippen LogP contribution is 2.43. The fraction of sp³-hybridized carbons (Fsp3) is 0.933. The Hall–Kier alpha value is -2.31. The van der Waals surface area contributed by atoms with Gasteiger partial charge in [0.05, 0.1) is 11.6 Å². The van der Waals surface area contributed by atoms with Crippen LogP contribution in [-0.2, 0) is 14.2 Å². The molecule has 12 heteroatoms. The zero-order valence-corrected chi connectivity index (χ0v) is 38.9. The molecule has 12 nitrogen and oxygen atoms in total. The molecule has 0 aromatic heterocycles. The molecule has 6 rings (SSSR count). The number of amides is 3. The summed E-state index contributed by atoms with van der Waals surface area (Å²) in [6.45, 7) is 40.1. The van der Waals surface area contributed by atoms with Gasteiger partial charge in [-0.2, -0.15) is 0 Å². The Morgan fingerprint density at radius 3 is 1.32 bits per heavy atom. The predicted octanol–water partition coefficient (Wildman–Crippen LogP) is 8.33. The van der Waals surface area contributed by atoms with Gasteiger partial charge < -0.3 is 43.6 Å². The standard InChI is InChI=1S/C16H30N2O2.C15H28N2O2.C14H26N2O2/c1-13(2)17-10-8-16(11-17)7-6-9-18(12-16)14(19)20-15(3,4)5;1-12(2)16-9-6-15(7-10-16)8-11-17(15)13(18)19-14(3,4)5;1-11(2)15-7-5-14(6-8-15)9-16(10-14)13(17)18-12(3)4/h13H,6-12H2,1-5H3;12H,6-11H2,1-5H3;11-12H,5-10H2,1-4H3. The van der Waals surface area contributed by atoms with Crippen LogP contribution in [0.4, 0.5) is 14.4 Å². The van der Waals surface area contributed by atoms with E-state index in [0.717, 1.165) is 78.0 Å². The van der Waals surface area contributed by atoms with Crippen molar-refractivity contribution in [1.82, 2.24) is 29.4 Å². The highest BCUT2D eigenvalue weighted by atomic mass is 16.6. The molecule has 6 aliphatic rings. The molecule has 0 radical (unpaired) electrons. The van der Waals surface area contributed by atoms with E-state index in [9.17, 15) is 14.4 Å². The summed E-state index contributed by atoms with van der Waals surface area (Å²) in [6.07, 6.45) is 8.89. The molecule has 1 atom stereocenters. The maximum absolute atomic E-state index is 12.3. The van der Waals surface area contributed by atoms with Crippen molar-refractivity contribution in [3.63, 3.8) is 0 Å². The first-order valence-electron chi connectivity index (χ1n) is 22.5. The number of likely N-dealkylation sites (tertiary alicyclic amines) is 6. The van der Waals surface area contributed by atoms with Gasteiger partial charge in [0.15, 0.2) is 0 Å². The Bertz CT molecular complexity index is 1320. The summed E-state index contributed by atoms with van der Waals surface area (Å²) >= 11 is 0. The van der Waals surface area contributed by atoms with Crippen LogP contribution in [-0.4, -0.2) is 161 Å². The van der Waals surface area contributed by atoms with Gasteiger partial charge >= 0.3 is 18.3 Å². The Labute approximate surface area is 347 Å². The lowest BCUT2D eigenvalue weighted by Gasteiger charge is -2.56. The van der Waals surface area contributed by atoms with Gasteiger partial charge in [-0.05, 0) is 168 Å². The smallest absolute Gasteiger partial charge is 0.410 e. The molecule has 330 valence electrons. The van der Waals surface area contributed by atoms with Crippen LogP contribution in [0, 0.1) is 10.8 Å². The molecule has 0 saturated carbocycles. The molecular formula is C45H84N6O6. The molecule has 6 fully saturated rings. The van der Waals surface area contributed by atoms with Crippen molar-refractivity contribution in [2.75, 3.05) is 72.0 Å². The Kier molecular flexibility index (Phi) is 15.7. The molecule has 6 heterocycles. The molecule has 6 saturated heterocycles. The van der Waals surface area contributed by atoms with Crippen LogP contribution in [0.5, 0.6) is 0 Å². The highest BCUT2D eigenvalue weighted by molar-refractivity contribution is 5.71. The lowest BCUT2D eigenvalue weighted by molar-refractivity contribution is -0.0719. The topological polar surface area (TPSA) is 98.3 Å². The predicted molar refractivity (Wildman–Crippen MR) is 229 cm³/mol. The van der Waals surface area contributed by atoms with E-state index in [-0.39, 0.29) is 29.9 Å². The summed E-state index contributed by atoms with van der Waals surface area (Å²) in [7, 11) is 0. The van der Waals surface area contributed by atoms with E-state index in [2.05, 4.69) is 56.2 Å². The second kappa shape index (κ2) is 18.9. The van der Waals surface area contributed by atoms with E-state index >= 15 is 0 Å². The average molecular weight is 805 g/mol. The van der Waals surface area contributed by atoms with Crippen LogP contribution in [0.2, 0.25) is 0 Å². The number of hydrogen-bond donors (Lipinski definition) is 0. The summed E-state index contributed by atoms with van der Waals surface area (Å²) in [5, 5.41) is 0. The first-order chi connectivity index (χ1) is 26.4. The fourth-order valence-corrected chi connectivity index (χ4v) is 9.55. The van der Waals surface area contributed by atoms with Crippen LogP contribution in [0.3, 0.4) is 0 Å². The van der Waals surface area contributed by atoms with Crippen molar-refractivity contribution in [1.29, 1.82) is 0 Å². The zero-order valence-electron chi connectivity index (χ0n) is 38.9. The van der Waals surface area contributed by atoms with Gasteiger partial charge in [0.2, 0.25) is 0 Å². The Morgan fingerprint density at radius 2 is 0.895 bits per heavy atom. The number of hydrogen-bond acceptors (Lipinski definition) is 9. The molecule has 3 spiro atoms. The molecule has 6 aliphatic heterocycles. The minimum absolute atomic E-state index is 0.0168. The first-order valence-corrected chi connectivity index (χ1v) is 22.5. The summed E-state index contributed by atoms with van der Waals surface area (Å²) in [5.41, 5.74) is -0.0115. The van der Waals surface area contributed by atoms with Gasteiger partial charge in [-0.15, -0.1) is 0 Å². The molecule has 0 aromatic carbocycles. The van der Waals surface area contributed by atoms with E-state index in [1.165, 1.54) is 45.3 Å². The largest absolute Gasteiger partial charge is 0.447 e. The second-order valence-corrected chi connectivity index (χ2v) is 21.5. The minimum atomic E-state index is -0.401. The van der Waals surface area contributed by atoms with Crippen LogP contribution in [0.15, 0.2) is 0 Å². The third-order valence-corrected chi connectivity index (χ3v) is 13.2. The molecule has 57 heavy (non-hydrogen) atoms. The first kappa shape index (κ1) is 47.4. The quantitative estimate of drug-likeness (QED) is 0.260. The number of carbonyl (C=O) groups excluding carboxylic acids is 3. The highest BCUT2D eigenvalue weighted by Gasteiger charge is 2.51. The van der Waals surface area contributed by atoms with Crippen molar-refractivity contribution in [3.8, 4) is 0 Å². The SMILES string of the molecule is CC(C)N1CCC2(CC1)CCN2C(=O)OC(C)(C)C.CC(C)N1CCC2(CCCN(C(=O)OC(C)(C)C)C2)C1.CC(C)OC(=O)N1CC2(CCN(C(C)C)CC2)C1. The van der Waals surface area contributed by atoms with Gasteiger partial charge in [0.25, 0.3) is 0 Å². The third-order valence-electron chi connectivity index (χ3n) is 13.2. The number of piperidine rings is 3. The summed E-state index contributed by atoms with van der Waals surface area (Å²) in [5.74, 6) is 0. The fourth-order valence-electron chi connectivity index (χ4n) is 9.55. The average Bonchev–Trinajstić information content (AvgIpc) is 3.48. The molecular weight excluding hydrogens is 721 g/mol.